The second-order valence-electron chi connectivity index (χ2n) is 7.94. The van der Waals surface area contributed by atoms with E-state index < -0.39 is 30.4 Å². The van der Waals surface area contributed by atoms with Crippen molar-refractivity contribution in [2.45, 2.75) is 30.7 Å². The topological polar surface area (TPSA) is 75.6 Å². The number of aliphatic carboxylic acids is 1. The summed E-state index contributed by atoms with van der Waals surface area (Å²) in [5.74, 6) is -1.91. The third-order valence-electron chi connectivity index (χ3n) is 5.82. The lowest BCUT2D eigenvalue weighted by Crippen LogP contribution is -2.51. The van der Waals surface area contributed by atoms with Gasteiger partial charge in [-0.1, -0.05) is 78.9 Å². The first-order valence-electron chi connectivity index (χ1n) is 10.6. The summed E-state index contributed by atoms with van der Waals surface area (Å²) >= 11 is 0. The molecule has 0 saturated carbocycles. The van der Waals surface area contributed by atoms with Crippen molar-refractivity contribution in [3.63, 3.8) is 0 Å². The number of fused-ring (bicyclic) bond motifs is 3. The maximum absolute atomic E-state index is 14.7. The molecule has 7 heteroatoms. The lowest BCUT2D eigenvalue weighted by Gasteiger charge is -2.22. The summed E-state index contributed by atoms with van der Waals surface area (Å²) in [4.78, 5) is 23.9. The van der Waals surface area contributed by atoms with Crippen molar-refractivity contribution in [2.24, 2.45) is 0 Å². The Morgan fingerprint density at radius 3 is 2.00 bits per heavy atom. The highest BCUT2D eigenvalue weighted by Crippen LogP contribution is 2.44. The number of alkyl carbamates (subject to hydrolysis) is 1. The molecule has 1 aliphatic carbocycles. The van der Waals surface area contributed by atoms with Crippen LogP contribution in [0.2, 0.25) is 0 Å². The minimum atomic E-state index is -2.44. The van der Waals surface area contributed by atoms with Crippen LogP contribution in [0.3, 0.4) is 0 Å². The van der Waals surface area contributed by atoms with Gasteiger partial charge in [-0.15, -0.1) is 0 Å². The first-order chi connectivity index (χ1) is 16.0. The fraction of sp³-hybridized carbons (Fsp3) is 0.231. The molecule has 0 radical (unpaired) electrons. The monoisotopic (exact) mass is 451 g/mol. The van der Waals surface area contributed by atoms with Crippen LogP contribution in [-0.2, 0) is 16.0 Å². The van der Waals surface area contributed by atoms with E-state index in [1.54, 1.807) is 30.3 Å². The second kappa shape index (κ2) is 9.81. The number of amides is 1. The molecule has 170 valence electrons. The third kappa shape index (κ3) is 4.87. The zero-order valence-electron chi connectivity index (χ0n) is 17.7. The Bertz CT molecular complexity index is 1090. The lowest BCUT2D eigenvalue weighted by atomic mass is 9.98. The van der Waals surface area contributed by atoms with Gasteiger partial charge in [0.1, 0.15) is 12.8 Å². The summed E-state index contributed by atoms with van der Waals surface area (Å²) < 4.78 is 34.4. The van der Waals surface area contributed by atoms with Crippen LogP contribution in [0.1, 0.15) is 22.6 Å². The SMILES string of the molecule is O=C(NC(C(=O)O)C(F)C(F)Cc1ccccc1)OCC1c2ccccc2-c2ccccc21. The van der Waals surface area contributed by atoms with Gasteiger partial charge in [-0.05, 0) is 27.8 Å². The highest BCUT2D eigenvalue weighted by molar-refractivity contribution is 5.81. The van der Waals surface area contributed by atoms with E-state index in [1.165, 1.54) is 0 Å². The number of benzene rings is 3. The van der Waals surface area contributed by atoms with Gasteiger partial charge in [0, 0.05) is 12.3 Å². The number of ether oxygens (including phenoxy) is 1. The molecule has 3 aromatic rings. The summed E-state index contributed by atoms with van der Waals surface area (Å²) in [6, 6.07) is 21.7. The minimum Gasteiger partial charge on any atom is -0.480 e. The molecule has 3 unspecified atom stereocenters. The number of carboxylic acids is 1. The largest absolute Gasteiger partial charge is 0.480 e. The number of carbonyl (C=O) groups is 2. The van der Waals surface area contributed by atoms with E-state index in [1.807, 2.05) is 53.8 Å². The molecule has 0 aliphatic heterocycles. The Hall–Kier alpha value is -3.74. The predicted octanol–water partition coefficient (Wildman–Crippen LogP) is 4.90. The van der Waals surface area contributed by atoms with E-state index in [2.05, 4.69) is 0 Å². The Morgan fingerprint density at radius 2 is 1.42 bits per heavy atom. The summed E-state index contributed by atoms with van der Waals surface area (Å²) in [7, 11) is 0. The van der Waals surface area contributed by atoms with Crippen LogP contribution in [0, 0.1) is 0 Å². The zero-order chi connectivity index (χ0) is 23.4. The van der Waals surface area contributed by atoms with Gasteiger partial charge in [-0.25, -0.2) is 18.4 Å². The van der Waals surface area contributed by atoms with Gasteiger partial charge < -0.3 is 15.2 Å². The average Bonchev–Trinajstić information content (AvgIpc) is 3.15. The highest BCUT2D eigenvalue weighted by atomic mass is 19.2. The lowest BCUT2D eigenvalue weighted by molar-refractivity contribution is -0.142. The van der Waals surface area contributed by atoms with Gasteiger partial charge in [0.15, 0.2) is 12.2 Å². The Morgan fingerprint density at radius 1 is 0.879 bits per heavy atom. The number of halogens is 2. The molecule has 4 rings (SSSR count). The van der Waals surface area contributed by atoms with Crippen molar-refractivity contribution in [1.82, 2.24) is 5.32 Å². The van der Waals surface area contributed by atoms with Gasteiger partial charge in [-0.2, -0.15) is 0 Å². The predicted molar refractivity (Wildman–Crippen MR) is 120 cm³/mol. The maximum Gasteiger partial charge on any atom is 0.407 e. The Labute approximate surface area is 190 Å². The maximum atomic E-state index is 14.7. The van der Waals surface area contributed by atoms with Crippen molar-refractivity contribution in [3.8, 4) is 11.1 Å². The first kappa shape index (κ1) is 22.5. The first-order valence-corrected chi connectivity index (χ1v) is 10.6. The van der Waals surface area contributed by atoms with E-state index >= 15 is 0 Å². The number of alkyl halides is 2. The van der Waals surface area contributed by atoms with Crippen molar-refractivity contribution in [1.29, 1.82) is 0 Å². The summed E-state index contributed by atoms with van der Waals surface area (Å²) in [6.07, 6.45) is -5.97. The molecule has 1 amide bonds. The molecular formula is C26H23F2NO4. The van der Waals surface area contributed by atoms with Crippen molar-refractivity contribution in [3.05, 3.63) is 95.6 Å². The van der Waals surface area contributed by atoms with E-state index in [0.717, 1.165) is 22.3 Å². The molecule has 33 heavy (non-hydrogen) atoms. The molecule has 0 bridgehead atoms. The van der Waals surface area contributed by atoms with Crippen molar-refractivity contribution in [2.75, 3.05) is 6.61 Å². The smallest absolute Gasteiger partial charge is 0.407 e. The molecule has 1 aliphatic rings. The number of hydrogen-bond donors (Lipinski definition) is 2. The number of carboxylic acid groups (broad SMARTS) is 1. The van der Waals surface area contributed by atoms with Crippen LogP contribution in [0.4, 0.5) is 13.6 Å². The Balaban J connectivity index is 1.40. The summed E-state index contributed by atoms with van der Waals surface area (Å²) in [6.45, 7) is -0.0633. The minimum absolute atomic E-state index is 0.0633. The summed E-state index contributed by atoms with van der Waals surface area (Å²) in [5.41, 5.74) is 4.57. The van der Waals surface area contributed by atoms with E-state index in [-0.39, 0.29) is 18.9 Å². The van der Waals surface area contributed by atoms with Crippen LogP contribution < -0.4 is 5.32 Å². The fourth-order valence-electron chi connectivity index (χ4n) is 4.21. The molecule has 0 saturated heterocycles. The number of nitrogens with one attached hydrogen (secondary N) is 1. The van der Waals surface area contributed by atoms with Crippen molar-refractivity contribution >= 4 is 12.1 Å². The fourth-order valence-corrected chi connectivity index (χ4v) is 4.21. The van der Waals surface area contributed by atoms with Gasteiger partial charge in [-0.3, -0.25) is 0 Å². The number of hydrogen-bond acceptors (Lipinski definition) is 3. The molecule has 0 aromatic heterocycles. The van der Waals surface area contributed by atoms with Gasteiger partial charge in [0.25, 0.3) is 0 Å². The van der Waals surface area contributed by atoms with E-state index in [0.29, 0.717) is 5.56 Å². The molecule has 5 nitrogen and oxygen atoms in total. The number of carbonyl (C=O) groups excluding carboxylic acids is 1. The molecule has 0 fully saturated rings. The average molecular weight is 451 g/mol. The van der Waals surface area contributed by atoms with E-state index in [4.69, 9.17) is 4.74 Å². The molecule has 2 N–H and O–H groups in total. The van der Waals surface area contributed by atoms with Gasteiger partial charge in [0.05, 0.1) is 0 Å². The van der Waals surface area contributed by atoms with Crippen molar-refractivity contribution < 1.29 is 28.2 Å². The van der Waals surface area contributed by atoms with Crippen LogP contribution in [0.25, 0.3) is 11.1 Å². The summed E-state index contributed by atoms with van der Waals surface area (Å²) in [5, 5.41) is 11.3. The molecule has 0 heterocycles. The molecular weight excluding hydrogens is 428 g/mol. The highest BCUT2D eigenvalue weighted by Gasteiger charge is 2.37. The van der Waals surface area contributed by atoms with Gasteiger partial charge >= 0.3 is 12.1 Å². The van der Waals surface area contributed by atoms with Crippen LogP contribution in [0.5, 0.6) is 0 Å². The normalized spacial score (nSPS) is 15.1. The molecule has 3 aromatic carbocycles. The second-order valence-corrected chi connectivity index (χ2v) is 7.94. The standard InChI is InChI=1S/C26H23F2NO4/c27-22(14-16-8-2-1-3-9-16)23(28)24(25(30)31)29-26(32)33-15-21-19-12-6-4-10-17(19)18-11-5-7-13-20(18)21/h1-13,21-24H,14-15H2,(H,29,32)(H,30,31). The van der Waals surface area contributed by atoms with Crippen LogP contribution in [0.15, 0.2) is 78.9 Å². The third-order valence-corrected chi connectivity index (χ3v) is 5.82. The van der Waals surface area contributed by atoms with E-state index in [9.17, 15) is 23.5 Å². The zero-order valence-corrected chi connectivity index (χ0v) is 17.7. The quantitative estimate of drug-likeness (QED) is 0.511. The number of rotatable bonds is 8. The van der Waals surface area contributed by atoms with Gasteiger partial charge in [0.2, 0.25) is 0 Å². The van der Waals surface area contributed by atoms with Crippen LogP contribution >= 0.6 is 0 Å². The van der Waals surface area contributed by atoms with Crippen LogP contribution in [-0.4, -0.2) is 42.2 Å². The molecule has 3 atom stereocenters. The Kier molecular flexibility index (Phi) is 6.68. The molecule has 0 spiro atoms.